The van der Waals surface area contributed by atoms with Gasteiger partial charge in [0.05, 0.1) is 6.42 Å². The van der Waals surface area contributed by atoms with Crippen molar-refractivity contribution in [1.82, 2.24) is 4.90 Å². The molecule has 1 aliphatic heterocycles. The third kappa shape index (κ3) is 4.15. The molecule has 1 unspecified atom stereocenters. The smallest absolute Gasteiger partial charge is 0.311 e. The van der Waals surface area contributed by atoms with E-state index in [2.05, 4.69) is 31.1 Å². The van der Waals surface area contributed by atoms with Crippen LogP contribution in [0.1, 0.15) is 30.1 Å². The second kappa shape index (κ2) is 7.49. The molecule has 0 amide bonds. The third-order valence-electron chi connectivity index (χ3n) is 4.14. The molecule has 3 rings (SSSR count). The van der Waals surface area contributed by atoms with E-state index in [1.807, 2.05) is 36.4 Å². The van der Waals surface area contributed by atoms with Crippen LogP contribution in [-0.4, -0.2) is 31.5 Å². The Morgan fingerprint density at radius 2 is 1.92 bits per heavy atom. The van der Waals surface area contributed by atoms with Gasteiger partial charge in [-0.1, -0.05) is 30.3 Å². The lowest BCUT2D eigenvalue weighted by atomic mass is 10.0. The van der Waals surface area contributed by atoms with E-state index in [1.54, 1.807) is 0 Å². The number of carbonyl (C=O) groups excluding carboxylic acids is 1. The molecule has 4 heteroatoms. The van der Waals surface area contributed by atoms with Gasteiger partial charge in [0.1, 0.15) is 17.6 Å². The zero-order chi connectivity index (χ0) is 16.9. The van der Waals surface area contributed by atoms with Crippen LogP contribution in [0.3, 0.4) is 0 Å². The highest BCUT2D eigenvalue weighted by atomic mass is 16.5. The van der Waals surface area contributed by atoms with Crippen molar-refractivity contribution >= 4 is 5.97 Å². The predicted octanol–water partition coefficient (Wildman–Crippen LogP) is 3.61. The number of ether oxygens (including phenoxy) is 2. The van der Waals surface area contributed by atoms with Gasteiger partial charge in [-0.2, -0.15) is 0 Å². The van der Waals surface area contributed by atoms with Gasteiger partial charge in [0.2, 0.25) is 0 Å². The summed E-state index contributed by atoms with van der Waals surface area (Å²) in [5, 5.41) is 0. The Bertz CT molecular complexity index is 697. The number of benzene rings is 2. The van der Waals surface area contributed by atoms with Crippen molar-refractivity contribution in [2.45, 2.75) is 25.4 Å². The molecule has 0 fully saturated rings. The fourth-order valence-corrected chi connectivity index (χ4v) is 2.84. The summed E-state index contributed by atoms with van der Waals surface area (Å²) in [5.41, 5.74) is 2.20. The molecule has 126 valence electrons. The molecule has 1 aliphatic rings. The second-order valence-corrected chi connectivity index (χ2v) is 6.35. The number of rotatable bonds is 6. The van der Waals surface area contributed by atoms with Gasteiger partial charge in [0, 0.05) is 13.0 Å². The molecule has 0 saturated heterocycles. The number of esters is 1. The predicted molar refractivity (Wildman–Crippen MR) is 93.4 cm³/mol. The van der Waals surface area contributed by atoms with Crippen LogP contribution in [0.5, 0.6) is 11.5 Å². The Morgan fingerprint density at radius 1 is 1.12 bits per heavy atom. The topological polar surface area (TPSA) is 38.8 Å². The van der Waals surface area contributed by atoms with Crippen molar-refractivity contribution in [3.63, 3.8) is 0 Å². The Morgan fingerprint density at radius 3 is 2.67 bits per heavy atom. The van der Waals surface area contributed by atoms with Gasteiger partial charge in [0.15, 0.2) is 0 Å². The average molecular weight is 325 g/mol. The minimum atomic E-state index is -0.163. The lowest BCUT2D eigenvalue weighted by molar-refractivity contribution is -0.135. The summed E-state index contributed by atoms with van der Waals surface area (Å²) in [6.07, 6.45) is 2.04. The van der Waals surface area contributed by atoms with E-state index in [0.717, 1.165) is 24.3 Å². The summed E-state index contributed by atoms with van der Waals surface area (Å²) in [5.74, 6) is 1.31. The van der Waals surface area contributed by atoms with Gasteiger partial charge < -0.3 is 14.4 Å². The molecule has 1 heterocycles. The van der Waals surface area contributed by atoms with E-state index in [-0.39, 0.29) is 12.1 Å². The SMILES string of the molecule is CN(C)CCC(Oc1ccc2c(c1)CCC(=O)O2)c1ccccc1. The zero-order valence-corrected chi connectivity index (χ0v) is 14.2. The molecule has 0 N–H and O–H groups in total. The molecule has 0 saturated carbocycles. The van der Waals surface area contributed by atoms with Gasteiger partial charge >= 0.3 is 5.97 Å². The molecule has 1 atom stereocenters. The maximum atomic E-state index is 11.4. The molecule has 2 aromatic rings. The van der Waals surface area contributed by atoms with E-state index in [4.69, 9.17) is 9.47 Å². The number of hydrogen-bond acceptors (Lipinski definition) is 4. The van der Waals surface area contributed by atoms with Crippen molar-refractivity contribution in [2.24, 2.45) is 0 Å². The molecule has 24 heavy (non-hydrogen) atoms. The quantitative estimate of drug-likeness (QED) is 0.601. The summed E-state index contributed by atoms with van der Waals surface area (Å²) in [7, 11) is 4.13. The van der Waals surface area contributed by atoms with Gasteiger partial charge in [-0.3, -0.25) is 4.79 Å². The van der Waals surface area contributed by atoms with Crippen LogP contribution in [-0.2, 0) is 11.2 Å². The highest BCUT2D eigenvalue weighted by molar-refractivity contribution is 5.75. The summed E-state index contributed by atoms with van der Waals surface area (Å²) >= 11 is 0. The average Bonchev–Trinajstić information content (AvgIpc) is 2.59. The normalized spacial score (nSPS) is 14.9. The number of fused-ring (bicyclic) bond motifs is 1. The highest BCUT2D eigenvalue weighted by Crippen LogP contribution is 2.32. The maximum Gasteiger partial charge on any atom is 0.311 e. The Balaban J connectivity index is 1.78. The summed E-state index contributed by atoms with van der Waals surface area (Å²) in [6, 6.07) is 16.0. The van der Waals surface area contributed by atoms with E-state index >= 15 is 0 Å². The van der Waals surface area contributed by atoms with Crippen LogP contribution in [0.2, 0.25) is 0 Å². The van der Waals surface area contributed by atoms with Crippen molar-refractivity contribution < 1.29 is 14.3 Å². The van der Waals surface area contributed by atoms with E-state index in [0.29, 0.717) is 18.6 Å². The first-order valence-corrected chi connectivity index (χ1v) is 8.32. The van der Waals surface area contributed by atoms with Crippen LogP contribution in [0.25, 0.3) is 0 Å². The fraction of sp³-hybridized carbons (Fsp3) is 0.350. The molecular weight excluding hydrogens is 302 g/mol. The Labute approximate surface area is 143 Å². The monoisotopic (exact) mass is 325 g/mol. The van der Waals surface area contributed by atoms with Crippen molar-refractivity contribution in [3.05, 3.63) is 59.7 Å². The molecule has 4 nitrogen and oxygen atoms in total. The number of hydrogen-bond donors (Lipinski definition) is 0. The summed E-state index contributed by atoms with van der Waals surface area (Å²) in [4.78, 5) is 13.5. The van der Waals surface area contributed by atoms with E-state index in [1.165, 1.54) is 5.56 Å². The van der Waals surface area contributed by atoms with Gasteiger partial charge in [0.25, 0.3) is 0 Å². The highest BCUT2D eigenvalue weighted by Gasteiger charge is 2.19. The zero-order valence-electron chi connectivity index (χ0n) is 14.2. The Kier molecular flexibility index (Phi) is 5.16. The Hall–Kier alpha value is -2.33. The van der Waals surface area contributed by atoms with Gasteiger partial charge in [-0.15, -0.1) is 0 Å². The van der Waals surface area contributed by atoms with Crippen LogP contribution in [0.4, 0.5) is 0 Å². The van der Waals surface area contributed by atoms with Crippen molar-refractivity contribution in [3.8, 4) is 11.5 Å². The largest absolute Gasteiger partial charge is 0.486 e. The first-order chi connectivity index (χ1) is 11.6. The molecule has 0 aromatic heterocycles. The van der Waals surface area contributed by atoms with E-state index in [9.17, 15) is 4.79 Å². The lowest BCUT2D eigenvalue weighted by Gasteiger charge is -2.23. The van der Waals surface area contributed by atoms with Crippen molar-refractivity contribution in [1.29, 1.82) is 0 Å². The molecule has 0 radical (unpaired) electrons. The summed E-state index contributed by atoms with van der Waals surface area (Å²) < 4.78 is 11.5. The van der Waals surface area contributed by atoms with Crippen LogP contribution in [0, 0.1) is 0 Å². The van der Waals surface area contributed by atoms with Crippen LogP contribution < -0.4 is 9.47 Å². The minimum Gasteiger partial charge on any atom is -0.486 e. The number of aryl methyl sites for hydroxylation is 1. The fourth-order valence-electron chi connectivity index (χ4n) is 2.84. The summed E-state index contributed by atoms with van der Waals surface area (Å²) in [6.45, 7) is 0.947. The molecule has 2 aromatic carbocycles. The van der Waals surface area contributed by atoms with Crippen LogP contribution >= 0.6 is 0 Å². The van der Waals surface area contributed by atoms with Crippen molar-refractivity contribution in [2.75, 3.05) is 20.6 Å². The number of nitrogens with zero attached hydrogens (tertiary/aromatic N) is 1. The van der Waals surface area contributed by atoms with Crippen LogP contribution in [0.15, 0.2) is 48.5 Å². The molecule has 0 bridgehead atoms. The number of carbonyl (C=O) groups is 1. The standard InChI is InChI=1S/C20H23NO3/c1-21(2)13-12-19(15-6-4-3-5-7-15)23-17-9-10-18-16(14-17)8-11-20(22)24-18/h3-7,9-10,14,19H,8,11-13H2,1-2H3. The lowest BCUT2D eigenvalue weighted by Crippen LogP contribution is -2.19. The second-order valence-electron chi connectivity index (χ2n) is 6.35. The minimum absolute atomic E-state index is 0.00205. The molecular formula is C20H23NO3. The molecule has 0 spiro atoms. The van der Waals surface area contributed by atoms with Gasteiger partial charge in [-0.05, 0) is 49.8 Å². The maximum absolute atomic E-state index is 11.4. The molecule has 0 aliphatic carbocycles. The third-order valence-corrected chi connectivity index (χ3v) is 4.14. The van der Waals surface area contributed by atoms with E-state index < -0.39 is 0 Å². The van der Waals surface area contributed by atoms with Gasteiger partial charge in [-0.25, -0.2) is 0 Å². The first kappa shape index (κ1) is 16.5. The first-order valence-electron chi connectivity index (χ1n) is 8.32.